The molecular weight excluding hydrogens is 300 g/mol. The minimum Gasteiger partial charge on any atom is -0.347 e. The van der Waals surface area contributed by atoms with Crippen LogP contribution >= 0.6 is 11.3 Å². The number of aryl methyl sites for hydroxylation is 1. The van der Waals surface area contributed by atoms with E-state index in [4.69, 9.17) is 9.47 Å². The zero-order valence-electron chi connectivity index (χ0n) is 13.3. The first-order chi connectivity index (χ1) is 10.6. The molecule has 1 aromatic heterocycles. The first-order valence-electron chi connectivity index (χ1n) is 7.93. The first kappa shape index (κ1) is 15.8. The van der Waals surface area contributed by atoms with Gasteiger partial charge in [-0.2, -0.15) is 0 Å². The fourth-order valence-corrected chi connectivity index (χ4v) is 4.04. The molecule has 0 saturated carbocycles. The number of carbonyl (C=O) groups excluding carboxylic acids is 1. The lowest BCUT2D eigenvalue weighted by Gasteiger charge is -2.39. The average molecular weight is 324 g/mol. The molecule has 0 spiro atoms. The molecule has 122 valence electrons. The van der Waals surface area contributed by atoms with E-state index in [1.165, 1.54) is 9.75 Å². The van der Waals surface area contributed by atoms with Gasteiger partial charge >= 0.3 is 6.03 Å². The van der Waals surface area contributed by atoms with Crippen molar-refractivity contribution in [2.75, 3.05) is 26.3 Å². The Labute approximate surface area is 135 Å². The number of rotatable bonds is 3. The quantitative estimate of drug-likeness (QED) is 0.930. The highest BCUT2D eigenvalue weighted by atomic mass is 32.1. The first-order valence-corrected chi connectivity index (χ1v) is 8.74. The molecule has 0 aliphatic carbocycles. The number of ether oxygens (including phenoxy) is 2. The van der Waals surface area contributed by atoms with E-state index in [2.05, 4.69) is 24.4 Å². The van der Waals surface area contributed by atoms with E-state index in [9.17, 15) is 4.79 Å². The third-order valence-corrected chi connectivity index (χ3v) is 5.52. The van der Waals surface area contributed by atoms with Crippen LogP contribution in [0.25, 0.3) is 0 Å². The number of thiophene rings is 1. The van der Waals surface area contributed by atoms with Crippen molar-refractivity contribution in [3.05, 3.63) is 21.9 Å². The summed E-state index contributed by atoms with van der Waals surface area (Å²) in [6, 6.07) is 4.16. The van der Waals surface area contributed by atoms with Crippen molar-refractivity contribution in [1.82, 2.24) is 10.2 Å². The lowest BCUT2D eigenvalue weighted by Crippen LogP contribution is -2.51. The van der Waals surface area contributed by atoms with Gasteiger partial charge in [-0.1, -0.05) is 0 Å². The molecule has 2 aliphatic heterocycles. The maximum absolute atomic E-state index is 12.4. The normalized spacial score (nSPS) is 24.5. The van der Waals surface area contributed by atoms with Crippen molar-refractivity contribution in [3.8, 4) is 0 Å². The van der Waals surface area contributed by atoms with Crippen LogP contribution in [-0.2, 0) is 16.0 Å². The predicted molar refractivity (Wildman–Crippen MR) is 85.9 cm³/mol. The standard InChI is InChI=1S/C16H24N2O3S/c1-12-5-6-14(22-12)10-17-15(19)18-7-3-4-13(11-18)16(2)20-8-9-21-16/h5-6,13H,3-4,7-11H2,1-2H3,(H,17,19)/t13-/m0/s1. The van der Waals surface area contributed by atoms with Crippen molar-refractivity contribution in [1.29, 1.82) is 0 Å². The van der Waals surface area contributed by atoms with E-state index in [0.29, 0.717) is 26.3 Å². The molecule has 1 atom stereocenters. The molecule has 6 heteroatoms. The maximum atomic E-state index is 12.4. The summed E-state index contributed by atoms with van der Waals surface area (Å²) in [5.74, 6) is -0.275. The minimum atomic E-state index is -0.524. The van der Waals surface area contributed by atoms with E-state index in [0.717, 1.165) is 19.4 Å². The molecule has 3 rings (SSSR count). The van der Waals surface area contributed by atoms with Gasteiger partial charge in [0.15, 0.2) is 5.79 Å². The number of hydrogen-bond acceptors (Lipinski definition) is 4. The predicted octanol–water partition coefficient (Wildman–Crippen LogP) is 2.74. The zero-order chi connectivity index (χ0) is 15.6. The van der Waals surface area contributed by atoms with Crippen LogP contribution in [0, 0.1) is 12.8 Å². The van der Waals surface area contributed by atoms with Gasteiger partial charge in [0, 0.05) is 28.8 Å². The van der Waals surface area contributed by atoms with Crippen LogP contribution in [-0.4, -0.2) is 43.0 Å². The lowest BCUT2D eigenvalue weighted by molar-refractivity contribution is -0.189. The molecule has 3 heterocycles. The third-order valence-electron chi connectivity index (χ3n) is 4.52. The van der Waals surface area contributed by atoms with Gasteiger partial charge < -0.3 is 19.7 Å². The smallest absolute Gasteiger partial charge is 0.317 e. The number of hydrogen-bond donors (Lipinski definition) is 1. The van der Waals surface area contributed by atoms with E-state index in [-0.39, 0.29) is 11.9 Å². The van der Waals surface area contributed by atoms with Crippen molar-refractivity contribution in [3.63, 3.8) is 0 Å². The Kier molecular flexibility index (Phi) is 4.70. The number of piperidine rings is 1. The Morgan fingerprint density at radius 2 is 2.23 bits per heavy atom. The Bertz CT molecular complexity index is 525. The van der Waals surface area contributed by atoms with Crippen molar-refractivity contribution >= 4 is 17.4 Å². The van der Waals surface area contributed by atoms with Gasteiger partial charge in [-0.3, -0.25) is 0 Å². The largest absolute Gasteiger partial charge is 0.347 e. The molecule has 1 N–H and O–H groups in total. The van der Waals surface area contributed by atoms with Crippen LogP contribution in [0.15, 0.2) is 12.1 Å². The molecule has 2 saturated heterocycles. The molecule has 0 bridgehead atoms. The van der Waals surface area contributed by atoms with Crippen LogP contribution < -0.4 is 5.32 Å². The summed E-state index contributed by atoms with van der Waals surface area (Å²) in [6.07, 6.45) is 2.04. The number of carbonyl (C=O) groups is 1. The molecule has 2 aliphatic rings. The van der Waals surface area contributed by atoms with E-state index in [1.807, 2.05) is 11.8 Å². The fourth-order valence-electron chi connectivity index (χ4n) is 3.21. The highest BCUT2D eigenvalue weighted by Crippen LogP contribution is 2.34. The van der Waals surface area contributed by atoms with Gasteiger partial charge in [0.25, 0.3) is 0 Å². The van der Waals surface area contributed by atoms with E-state index in [1.54, 1.807) is 11.3 Å². The fraction of sp³-hybridized carbons (Fsp3) is 0.688. The number of amides is 2. The minimum absolute atomic E-state index is 0.0114. The lowest BCUT2D eigenvalue weighted by atomic mass is 9.90. The second-order valence-corrected chi connectivity index (χ2v) is 7.54. The Morgan fingerprint density at radius 3 is 2.91 bits per heavy atom. The molecule has 0 aromatic carbocycles. The summed E-state index contributed by atoms with van der Waals surface area (Å²) in [7, 11) is 0. The van der Waals surface area contributed by atoms with Crippen LogP contribution in [0.3, 0.4) is 0 Å². The van der Waals surface area contributed by atoms with Crippen molar-refractivity contribution in [2.24, 2.45) is 5.92 Å². The molecule has 22 heavy (non-hydrogen) atoms. The van der Waals surface area contributed by atoms with Gasteiger partial charge in [0.1, 0.15) is 0 Å². The molecule has 2 amide bonds. The highest BCUT2D eigenvalue weighted by Gasteiger charge is 2.42. The second kappa shape index (κ2) is 6.56. The van der Waals surface area contributed by atoms with Crippen LogP contribution in [0.1, 0.15) is 29.5 Å². The summed E-state index contributed by atoms with van der Waals surface area (Å²) < 4.78 is 11.5. The zero-order valence-corrected chi connectivity index (χ0v) is 14.1. The molecule has 2 fully saturated rings. The van der Waals surface area contributed by atoms with E-state index < -0.39 is 5.79 Å². The summed E-state index contributed by atoms with van der Waals surface area (Å²) in [5.41, 5.74) is 0. The summed E-state index contributed by atoms with van der Waals surface area (Å²) in [4.78, 5) is 16.7. The SMILES string of the molecule is Cc1ccc(CNC(=O)N2CCC[C@H](C3(C)OCCO3)C2)s1. The Morgan fingerprint density at radius 1 is 1.45 bits per heavy atom. The highest BCUT2D eigenvalue weighted by molar-refractivity contribution is 7.11. The topological polar surface area (TPSA) is 50.8 Å². The van der Waals surface area contributed by atoms with Crippen LogP contribution in [0.2, 0.25) is 0 Å². The van der Waals surface area contributed by atoms with Gasteiger partial charge in [-0.25, -0.2) is 4.79 Å². The van der Waals surface area contributed by atoms with E-state index >= 15 is 0 Å². The molecule has 5 nitrogen and oxygen atoms in total. The third kappa shape index (κ3) is 3.45. The van der Waals surface area contributed by atoms with Crippen molar-refractivity contribution in [2.45, 2.75) is 39.0 Å². The maximum Gasteiger partial charge on any atom is 0.317 e. The number of urea groups is 1. The molecule has 0 radical (unpaired) electrons. The summed E-state index contributed by atoms with van der Waals surface area (Å²) >= 11 is 1.72. The van der Waals surface area contributed by atoms with Gasteiger partial charge in [0.05, 0.1) is 19.8 Å². The second-order valence-electron chi connectivity index (χ2n) is 6.17. The number of likely N-dealkylation sites (tertiary alicyclic amines) is 1. The van der Waals surface area contributed by atoms with Crippen molar-refractivity contribution < 1.29 is 14.3 Å². The number of nitrogens with zero attached hydrogens (tertiary/aromatic N) is 1. The van der Waals surface area contributed by atoms with Crippen LogP contribution in [0.5, 0.6) is 0 Å². The molecule has 1 aromatic rings. The Hall–Kier alpha value is -1.11. The summed E-state index contributed by atoms with van der Waals surface area (Å²) in [5, 5.41) is 3.02. The molecular formula is C16H24N2O3S. The van der Waals surface area contributed by atoms with Gasteiger partial charge in [-0.15, -0.1) is 11.3 Å². The van der Waals surface area contributed by atoms with Gasteiger partial charge in [0.2, 0.25) is 0 Å². The van der Waals surface area contributed by atoms with Gasteiger partial charge in [-0.05, 0) is 38.8 Å². The number of nitrogens with one attached hydrogen (secondary N) is 1. The monoisotopic (exact) mass is 324 g/mol. The Balaban J connectivity index is 1.53. The average Bonchev–Trinajstić information content (AvgIpc) is 3.14. The van der Waals surface area contributed by atoms with Crippen LogP contribution in [0.4, 0.5) is 4.79 Å². The molecule has 0 unspecified atom stereocenters. The summed E-state index contributed by atoms with van der Waals surface area (Å²) in [6.45, 7) is 7.48.